The molecule has 3 nitrogen and oxygen atoms in total. The van der Waals surface area contributed by atoms with Crippen LogP contribution in [0.5, 0.6) is 0 Å². The minimum Gasteiger partial charge on any atom is -0.465 e. The molecule has 0 N–H and O–H groups in total. The zero-order valence-corrected chi connectivity index (χ0v) is 15.5. The van der Waals surface area contributed by atoms with Gasteiger partial charge in [-0.1, -0.05) is 48.0 Å². The van der Waals surface area contributed by atoms with Gasteiger partial charge in [0, 0.05) is 12.3 Å². The Hall–Kier alpha value is -0.860. The average molecular weight is 312 g/mol. The lowest BCUT2D eigenvalue weighted by Crippen LogP contribution is -2.33. The van der Waals surface area contributed by atoms with Crippen molar-refractivity contribution in [2.45, 2.75) is 80.1 Å². The van der Waals surface area contributed by atoms with E-state index in [1.165, 1.54) is 0 Å². The molecule has 0 aliphatic carbocycles. The highest BCUT2D eigenvalue weighted by molar-refractivity contribution is 5.86. The third-order valence-corrected chi connectivity index (χ3v) is 3.89. The fourth-order valence-corrected chi connectivity index (χ4v) is 2.82. The summed E-state index contributed by atoms with van der Waals surface area (Å²) in [5.74, 6) is 0.387. The van der Waals surface area contributed by atoms with Gasteiger partial charge >= 0.3 is 5.97 Å². The lowest BCUT2D eigenvalue weighted by atomic mass is 9.77. The molecule has 0 bridgehead atoms. The molecule has 0 radical (unpaired) electrons. The van der Waals surface area contributed by atoms with Crippen LogP contribution >= 0.6 is 0 Å². The van der Waals surface area contributed by atoms with Crippen molar-refractivity contribution >= 4 is 11.8 Å². The lowest BCUT2D eigenvalue weighted by Gasteiger charge is -2.27. The number of ether oxygens (including phenoxy) is 1. The Morgan fingerprint density at radius 3 is 1.86 bits per heavy atom. The third-order valence-electron chi connectivity index (χ3n) is 3.89. The second-order valence-corrected chi connectivity index (χ2v) is 7.21. The van der Waals surface area contributed by atoms with Gasteiger partial charge in [-0.15, -0.1) is 0 Å². The molecule has 130 valence electrons. The highest BCUT2D eigenvalue weighted by Gasteiger charge is 2.34. The minimum absolute atomic E-state index is 0.169. The Morgan fingerprint density at radius 2 is 1.41 bits per heavy atom. The first-order valence-corrected chi connectivity index (χ1v) is 9.02. The summed E-state index contributed by atoms with van der Waals surface area (Å²) in [5.41, 5.74) is 0. The smallest absolute Gasteiger partial charge is 0.309 e. The molecular weight excluding hydrogens is 276 g/mol. The summed E-state index contributed by atoms with van der Waals surface area (Å²) in [6.45, 7) is 13.0. The maximum absolute atomic E-state index is 12.5. The Balaban J connectivity index is 5.09. The number of carbonyl (C=O) groups is 2. The normalized spacial score (nSPS) is 14.2. The van der Waals surface area contributed by atoms with Gasteiger partial charge in [0.25, 0.3) is 0 Å². The maximum atomic E-state index is 12.5. The van der Waals surface area contributed by atoms with Crippen LogP contribution in [0.4, 0.5) is 0 Å². The van der Waals surface area contributed by atoms with Crippen LogP contribution in [0.3, 0.4) is 0 Å². The maximum Gasteiger partial charge on any atom is 0.309 e. The van der Waals surface area contributed by atoms with Crippen LogP contribution in [0.15, 0.2) is 0 Å². The van der Waals surface area contributed by atoms with Crippen LogP contribution in [-0.4, -0.2) is 18.4 Å². The van der Waals surface area contributed by atoms with Crippen molar-refractivity contribution in [3.8, 4) is 0 Å². The molecule has 0 rings (SSSR count). The van der Waals surface area contributed by atoms with Crippen molar-refractivity contribution in [2.75, 3.05) is 6.61 Å². The van der Waals surface area contributed by atoms with E-state index in [9.17, 15) is 9.59 Å². The molecule has 0 saturated heterocycles. The fourth-order valence-electron chi connectivity index (χ4n) is 2.82. The van der Waals surface area contributed by atoms with Gasteiger partial charge in [-0.05, 0) is 37.5 Å². The van der Waals surface area contributed by atoms with Crippen LogP contribution in [-0.2, 0) is 14.3 Å². The molecule has 0 heterocycles. The lowest BCUT2D eigenvalue weighted by molar-refractivity contribution is -0.154. The van der Waals surface area contributed by atoms with Crippen LogP contribution in [0.25, 0.3) is 0 Å². The van der Waals surface area contributed by atoms with E-state index in [0.717, 1.165) is 32.1 Å². The second-order valence-electron chi connectivity index (χ2n) is 7.21. The highest BCUT2D eigenvalue weighted by Crippen LogP contribution is 2.30. The molecular formula is C19H36O3. The first-order chi connectivity index (χ1) is 10.3. The van der Waals surface area contributed by atoms with Gasteiger partial charge in [0.2, 0.25) is 0 Å². The fraction of sp³-hybridized carbons (Fsp3) is 0.895. The van der Waals surface area contributed by atoms with E-state index < -0.39 is 0 Å². The highest BCUT2D eigenvalue weighted by atomic mass is 16.5. The molecule has 0 fully saturated rings. The molecule has 0 aromatic heterocycles. The summed E-state index contributed by atoms with van der Waals surface area (Å²) in [6, 6.07) is 0. The molecule has 22 heavy (non-hydrogen) atoms. The Morgan fingerprint density at radius 1 is 0.864 bits per heavy atom. The topological polar surface area (TPSA) is 43.4 Å². The van der Waals surface area contributed by atoms with Gasteiger partial charge in [0.05, 0.1) is 12.5 Å². The first kappa shape index (κ1) is 21.1. The van der Waals surface area contributed by atoms with Gasteiger partial charge in [0.15, 0.2) is 0 Å². The van der Waals surface area contributed by atoms with E-state index in [1.54, 1.807) is 0 Å². The van der Waals surface area contributed by atoms with Crippen LogP contribution in [0.1, 0.15) is 80.1 Å². The zero-order chi connectivity index (χ0) is 17.1. The van der Waals surface area contributed by atoms with E-state index in [-0.39, 0.29) is 23.6 Å². The van der Waals surface area contributed by atoms with Gasteiger partial charge < -0.3 is 4.74 Å². The van der Waals surface area contributed by atoms with Gasteiger partial charge in [-0.25, -0.2) is 0 Å². The van der Waals surface area contributed by atoms with Gasteiger partial charge in [-0.2, -0.15) is 0 Å². The monoisotopic (exact) mass is 312 g/mol. The summed E-state index contributed by atoms with van der Waals surface area (Å²) < 4.78 is 5.45. The van der Waals surface area contributed by atoms with E-state index in [2.05, 4.69) is 34.6 Å². The van der Waals surface area contributed by atoms with Crippen molar-refractivity contribution in [3.63, 3.8) is 0 Å². The van der Waals surface area contributed by atoms with Crippen LogP contribution in [0.2, 0.25) is 0 Å². The van der Waals surface area contributed by atoms with Crippen molar-refractivity contribution in [2.24, 2.45) is 23.7 Å². The van der Waals surface area contributed by atoms with E-state index in [0.29, 0.717) is 24.9 Å². The number of Topliss-reactive ketones (excluding diaryl/α,β-unsaturated/α-hetero) is 1. The SMILES string of the molecule is CCCCOC(=O)C(CC(C)C)C(CC(C)C)C(=O)CCC. The van der Waals surface area contributed by atoms with E-state index in [1.807, 2.05) is 6.92 Å². The van der Waals surface area contributed by atoms with Crippen molar-refractivity contribution in [1.82, 2.24) is 0 Å². The molecule has 0 saturated carbocycles. The minimum atomic E-state index is -0.279. The van der Waals surface area contributed by atoms with Crippen molar-refractivity contribution in [3.05, 3.63) is 0 Å². The predicted molar refractivity (Wildman–Crippen MR) is 91.7 cm³/mol. The average Bonchev–Trinajstić information content (AvgIpc) is 2.42. The number of hydrogen-bond acceptors (Lipinski definition) is 3. The number of rotatable bonds is 12. The second kappa shape index (κ2) is 11.7. The molecule has 0 amide bonds. The van der Waals surface area contributed by atoms with Gasteiger partial charge in [-0.3, -0.25) is 9.59 Å². The molecule has 0 spiro atoms. The van der Waals surface area contributed by atoms with Crippen molar-refractivity contribution < 1.29 is 14.3 Å². The Kier molecular flexibility index (Phi) is 11.2. The largest absolute Gasteiger partial charge is 0.465 e. The van der Waals surface area contributed by atoms with Crippen LogP contribution < -0.4 is 0 Å². The standard InChI is InChI=1S/C19H36O3/c1-7-9-11-22-19(21)17(13-15(5)6)16(12-14(3)4)18(20)10-8-2/h14-17H,7-13H2,1-6H3. The summed E-state index contributed by atoms with van der Waals surface area (Å²) in [4.78, 5) is 25.0. The molecule has 0 aliphatic heterocycles. The number of hydrogen-bond donors (Lipinski definition) is 0. The molecule has 0 aliphatic rings. The summed E-state index contributed by atoms with van der Waals surface area (Å²) in [6.07, 6.45) is 4.81. The quantitative estimate of drug-likeness (QED) is 0.375. The molecule has 0 aromatic carbocycles. The van der Waals surface area contributed by atoms with Crippen LogP contribution in [0, 0.1) is 23.7 Å². The van der Waals surface area contributed by atoms with Crippen molar-refractivity contribution in [1.29, 1.82) is 0 Å². The number of ketones is 1. The Bertz CT molecular complexity index is 321. The molecule has 3 heteroatoms. The Labute approximate surface area is 137 Å². The van der Waals surface area contributed by atoms with E-state index >= 15 is 0 Å². The summed E-state index contributed by atoms with van der Waals surface area (Å²) in [7, 11) is 0. The molecule has 2 unspecified atom stereocenters. The zero-order valence-electron chi connectivity index (χ0n) is 15.5. The third kappa shape index (κ3) is 8.55. The number of unbranched alkanes of at least 4 members (excludes halogenated alkanes) is 1. The van der Waals surface area contributed by atoms with E-state index in [4.69, 9.17) is 4.74 Å². The number of esters is 1. The van der Waals surface area contributed by atoms with Gasteiger partial charge in [0.1, 0.15) is 5.78 Å². The summed E-state index contributed by atoms with van der Waals surface area (Å²) in [5, 5.41) is 0. The predicted octanol–water partition coefficient (Wildman–Crippen LogP) is 5.02. The first-order valence-electron chi connectivity index (χ1n) is 9.02. The molecule has 2 atom stereocenters. The summed E-state index contributed by atoms with van der Waals surface area (Å²) >= 11 is 0. The molecule has 0 aromatic rings. The number of carbonyl (C=O) groups excluding carboxylic acids is 2.